The van der Waals surface area contributed by atoms with Gasteiger partial charge in [0.25, 0.3) is 0 Å². The topological polar surface area (TPSA) is 87.8 Å². The second-order valence-electron chi connectivity index (χ2n) is 6.62. The fraction of sp³-hybridized carbons (Fsp3) is 0.182. The number of ether oxygens (including phenoxy) is 3. The summed E-state index contributed by atoms with van der Waals surface area (Å²) in [5.74, 6) is -1.86. The second kappa shape index (κ2) is 8.25. The second-order valence-corrected chi connectivity index (χ2v) is 7.64. The van der Waals surface area contributed by atoms with Crippen molar-refractivity contribution in [2.45, 2.75) is 5.92 Å². The van der Waals surface area contributed by atoms with Gasteiger partial charge in [-0.2, -0.15) is 0 Å². The lowest BCUT2D eigenvalue weighted by atomic mass is 9.83. The number of hydrogen-bond acceptors (Lipinski definition) is 7. The Kier molecular flexibility index (Phi) is 5.52. The molecule has 8 heteroatoms. The van der Waals surface area contributed by atoms with Gasteiger partial charge in [0.15, 0.2) is 0 Å². The lowest BCUT2D eigenvalue weighted by Crippen LogP contribution is -2.31. The highest BCUT2D eigenvalue weighted by molar-refractivity contribution is 7.16. The smallest absolute Gasteiger partial charge is 0.340 e. The number of nitrogens with two attached hydrogens (primary N) is 1. The minimum absolute atomic E-state index is 0.00444. The Hall–Kier alpha value is -3.23. The molecule has 1 atom stereocenters. The number of methoxy groups -OCH3 is 1. The van der Waals surface area contributed by atoms with Crippen molar-refractivity contribution in [1.82, 2.24) is 0 Å². The molecule has 154 valence electrons. The zero-order chi connectivity index (χ0) is 21.3. The number of rotatable bonds is 5. The van der Waals surface area contributed by atoms with Crippen LogP contribution in [0.15, 0.2) is 64.8 Å². The summed E-state index contributed by atoms with van der Waals surface area (Å²) in [4.78, 5) is 25.9. The highest BCUT2D eigenvalue weighted by Crippen LogP contribution is 2.44. The zero-order valence-electron chi connectivity index (χ0n) is 16.0. The van der Waals surface area contributed by atoms with Gasteiger partial charge in [0.2, 0.25) is 10.6 Å². The molecule has 6 nitrogen and oxygen atoms in total. The molecule has 1 aromatic heterocycles. The number of halogens is 1. The molecule has 4 rings (SSSR count). The summed E-state index contributed by atoms with van der Waals surface area (Å²) >= 11 is 1.05. The van der Waals surface area contributed by atoms with Crippen LogP contribution in [0.4, 0.5) is 4.39 Å². The standard InChI is InChI=1S/C22H18FNO5S/c1-27-10-11-28-21(25)18-16(12-6-8-13(23)9-7-12)17-19(29-20(18)24)14-4-2-3-5-15(14)30-22(17)26/h2-9,16H,10-11,24H2,1H3/t16-/m0/s1. The minimum Gasteiger partial charge on any atom is -0.460 e. The van der Waals surface area contributed by atoms with E-state index < -0.39 is 17.7 Å². The number of hydrogen-bond donors (Lipinski definition) is 1. The van der Waals surface area contributed by atoms with E-state index in [0.717, 1.165) is 16.0 Å². The largest absolute Gasteiger partial charge is 0.460 e. The number of benzene rings is 2. The lowest BCUT2D eigenvalue weighted by Gasteiger charge is -2.28. The highest BCUT2D eigenvalue weighted by atomic mass is 32.1. The van der Waals surface area contributed by atoms with Crippen LogP contribution >= 0.6 is 11.3 Å². The molecule has 0 unspecified atom stereocenters. The van der Waals surface area contributed by atoms with Gasteiger partial charge in [-0.3, -0.25) is 4.79 Å². The van der Waals surface area contributed by atoms with Crippen LogP contribution in [0.3, 0.4) is 0 Å². The van der Waals surface area contributed by atoms with Crippen LogP contribution in [0.1, 0.15) is 17.0 Å². The van der Waals surface area contributed by atoms with Gasteiger partial charge < -0.3 is 19.9 Å². The first-order chi connectivity index (χ1) is 14.5. The summed E-state index contributed by atoms with van der Waals surface area (Å²) in [6.45, 7) is 0.219. The molecule has 0 radical (unpaired) electrons. The molecule has 2 heterocycles. The number of fused-ring (bicyclic) bond motifs is 3. The van der Waals surface area contributed by atoms with Gasteiger partial charge in [0.05, 0.1) is 18.1 Å². The van der Waals surface area contributed by atoms with Crippen LogP contribution < -0.4 is 15.2 Å². The van der Waals surface area contributed by atoms with E-state index in [1.165, 1.54) is 31.4 Å². The van der Waals surface area contributed by atoms with Gasteiger partial charge in [-0.05, 0) is 29.8 Å². The van der Waals surface area contributed by atoms with Gasteiger partial charge in [-0.15, -0.1) is 0 Å². The van der Waals surface area contributed by atoms with Gasteiger partial charge >= 0.3 is 5.97 Å². The Morgan fingerprint density at radius 2 is 1.90 bits per heavy atom. The summed E-state index contributed by atoms with van der Waals surface area (Å²) in [5.41, 5.74) is 6.96. The summed E-state index contributed by atoms with van der Waals surface area (Å²) < 4.78 is 30.0. The van der Waals surface area contributed by atoms with Gasteiger partial charge in [0.1, 0.15) is 23.7 Å². The number of esters is 1. The van der Waals surface area contributed by atoms with E-state index >= 15 is 0 Å². The Balaban J connectivity index is 1.93. The maximum atomic E-state index is 13.5. The van der Waals surface area contributed by atoms with E-state index in [0.29, 0.717) is 16.7 Å². The molecule has 30 heavy (non-hydrogen) atoms. The van der Waals surface area contributed by atoms with Crippen LogP contribution in [0, 0.1) is 5.82 Å². The molecular weight excluding hydrogens is 409 g/mol. The summed E-state index contributed by atoms with van der Waals surface area (Å²) in [7, 11) is 1.49. The van der Waals surface area contributed by atoms with E-state index in [2.05, 4.69) is 0 Å². The quantitative estimate of drug-likeness (QED) is 0.497. The van der Waals surface area contributed by atoms with Crippen molar-refractivity contribution in [3.8, 4) is 5.75 Å². The molecule has 0 fully saturated rings. The van der Waals surface area contributed by atoms with Crippen molar-refractivity contribution in [1.29, 1.82) is 0 Å². The fourth-order valence-electron chi connectivity index (χ4n) is 3.45. The molecule has 0 saturated carbocycles. The molecule has 3 aromatic rings. The molecule has 1 aliphatic rings. The van der Waals surface area contributed by atoms with Crippen LogP contribution in [0.5, 0.6) is 5.75 Å². The van der Waals surface area contributed by atoms with Crippen LogP contribution in [-0.2, 0) is 14.3 Å². The van der Waals surface area contributed by atoms with Crippen molar-refractivity contribution in [3.05, 3.63) is 86.5 Å². The van der Waals surface area contributed by atoms with E-state index in [9.17, 15) is 14.0 Å². The fourth-order valence-corrected chi connectivity index (χ4v) is 4.39. The SMILES string of the molecule is COCCOC(=O)C1=C(N)Oc2c(c(=O)sc3ccccc23)[C@@H]1c1ccc(F)cc1. The Morgan fingerprint density at radius 1 is 1.17 bits per heavy atom. The number of carbonyl (C=O) groups is 1. The molecule has 1 aliphatic heterocycles. The molecule has 0 aliphatic carbocycles. The Labute approximate surface area is 175 Å². The monoisotopic (exact) mass is 427 g/mol. The molecule has 2 aromatic carbocycles. The van der Waals surface area contributed by atoms with Crippen molar-refractivity contribution in [3.63, 3.8) is 0 Å². The Bertz CT molecular complexity index is 1200. The van der Waals surface area contributed by atoms with Crippen LogP contribution in [0.25, 0.3) is 10.1 Å². The van der Waals surface area contributed by atoms with E-state index in [4.69, 9.17) is 19.9 Å². The third-order valence-electron chi connectivity index (χ3n) is 4.80. The van der Waals surface area contributed by atoms with Crippen molar-refractivity contribution >= 4 is 27.4 Å². The average Bonchev–Trinajstić information content (AvgIpc) is 2.73. The molecule has 2 N–H and O–H groups in total. The van der Waals surface area contributed by atoms with Gasteiger partial charge in [-0.25, -0.2) is 9.18 Å². The van der Waals surface area contributed by atoms with Crippen LogP contribution in [0.2, 0.25) is 0 Å². The molecule has 0 spiro atoms. The van der Waals surface area contributed by atoms with Crippen molar-refractivity contribution in [2.24, 2.45) is 5.73 Å². The molecular formula is C22H18FNO5S. The predicted octanol–water partition coefficient (Wildman–Crippen LogP) is 3.28. The third-order valence-corrected chi connectivity index (χ3v) is 5.78. The average molecular weight is 427 g/mol. The maximum absolute atomic E-state index is 13.5. The van der Waals surface area contributed by atoms with E-state index in [1.54, 1.807) is 0 Å². The molecule has 0 bridgehead atoms. The first-order valence-corrected chi connectivity index (χ1v) is 9.97. The van der Waals surface area contributed by atoms with E-state index in [-0.39, 0.29) is 35.0 Å². The predicted molar refractivity (Wildman–Crippen MR) is 111 cm³/mol. The normalized spacial score (nSPS) is 15.6. The van der Waals surface area contributed by atoms with Crippen molar-refractivity contribution in [2.75, 3.05) is 20.3 Å². The number of carbonyl (C=O) groups excluding carboxylic acids is 1. The van der Waals surface area contributed by atoms with Gasteiger partial charge in [0, 0.05) is 17.2 Å². The van der Waals surface area contributed by atoms with Crippen molar-refractivity contribution < 1.29 is 23.4 Å². The van der Waals surface area contributed by atoms with Gasteiger partial charge in [-0.1, -0.05) is 35.6 Å². The first kappa shape index (κ1) is 20.1. The molecule has 0 amide bonds. The highest BCUT2D eigenvalue weighted by Gasteiger charge is 2.38. The summed E-state index contributed by atoms with van der Waals surface area (Å²) in [6, 6.07) is 12.8. The molecule has 0 saturated heterocycles. The first-order valence-electron chi connectivity index (χ1n) is 9.16. The summed E-state index contributed by atoms with van der Waals surface area (Å²) in [6.07, 6.45) is 0. The van der Waals surface area contributed by atoms with Crippen LogP contribution in [-0.4, -0.2) is 26.3 Å². The summed E-state index contributed by atoms with van der Waals surface area (Å²) in [5, 5.41) is 0.707. The minimum atomic E-state index is -0.849. The lowest BCUT2D eigenvalue weighted by molar-refractivity contribution is -0.140. The zero-order valence-corrected chi connectivity index (χ0v) is 16.8. The van der Waals surface area contributed by atoms with E-state index in [1.807, 2.05) is 24.3 Å². The maximum Gasteiger partial charge on any atom is 0.340 e. The Morgan fingerprint density at radius 3 is 2.63 bits per heavy atom. The third kappa shape index (κ3) is 3.55.